The van der Waals surface area contributed by atoms with Crippen molar-refractivity contribution in [2.45, 2.75) is 81.8 Å². The fourth-order valence-corrected chi connectivity index (χ4v) is 11.0. The SMILES string of the molecule is COc1cc(C)c(S(=O)(=O)NC(N)=NCCC[C@H](NC(=O)[C@H](Cc2cn(Cc3ccccc3)cn2)NC(=O)[C@@H](Cc2ccccc2)NS(=O)(=O)Cc2ccccc2)C(=O)c2nccs2)c(C)c1C. The van der Waals surface area contributed by atoms with E-state index in [2.05, 4.69) is 35.0 Å². The fraction of sp³-hybridized carbons (Fsp3) is 0.292. The Morgan fingerprint density at radius 2 is 1.41 bits per heavy atom. The van der Waals surface area contributed by atoms with E-state index in [1.54, 1.807) is 105 Å². The van der Waals surface area contributed by atoms with Crippen molar-refractivity contribution in [3.05, 3.63) is 165 Å². The molecule has 0 saturated heterocycles. The van der Waals surface area contributed by atoms with E-state index in [0.29, 0.717) is 45.8 Å². The Morgan fingerprint density at radius 3 is 2.04 bits per heavy atom. The van der Waals surface area contributed by atoms with Crippen LogP contribution < -0.4 is 30.5 Å². The van der Waals surface area contributed by atoms with Gasteiger partial charge in [-0.1, -0.05) is 91.0 Å². The first-order valence-corrected chi connectivity index (χ1v) is 25.7. The standard InChI is InChI=1S/C48H55N9O8S3/c1-32-25-42(65-4)33(2)34(3)44(32)68(63,64)56-48(49)51-22-14-21-39(43(58)47-50-23-24-66-47)53-45(59)40(27-38-29-57(31-52-38)28-36-17-10-6-11-18-36)54-46(60)41(26-35-15-8-5-9-16-35)55-67(61,62)30-37-19-12-7-13-20-37/h5-13,15-20,23-25,29,31,39-41,55H,14,21-22,26-28,30H2,1-4H3,(H,53,59)(H,54,60)(H3,49,51,56)/t39-,40-,41+/m0/s1. The van der Waals surface area contributed by atoms with Crippen LogP contribution in [0.5, 0.6) is 5.75 Å². The van der Waals surface area contributed by atoms with E-state index in [9.17, 15) is 31.2 Å². The van der Waals surface area contributed by atoms with Crippen molar-refractivity contribution >= 4 is 54.9 Å². The number of benzene rings is 4. The molecule has 0 spiro atoms. The van der Waals surface area contributed by atoms with Crippen molar-refractivity contribution in [1.29, 1.82) is 0 Å². The van der Waals surface area contributed by atoms with Crippen molar-refractivity contribution in [2.24, 2.45) is 10.7 Å². The summed E-state index contributed by atoms with van der Waals surface area (Å²) in [7, 11) is -6.73. The lowest BCUT2D eigenvalue weighted by molar-refractivity contribution is -0.130. The zero-order valence-electron chi connectivity index (χ0n) is 38.1. The molecule has 0 saturated carbocycles. The van der Waals surface area contributed by atoms with Gasteiger partial charge in [0.2, 0.25) is 33.6 Å². The number of aryl methyl sites for hydroxylation is 1. The van der Waals surface area contributed by atoms with Crippen LogP contribution >= 0.6 is 11.3 Å². The van der Waals surface area contributed by atoms with Crippen LogP contribution in [0.2, 0.25) is 0 Å². The number of aromatic nitrogens is 3. The van der Waals surface area contributed by atoms with Gasteiger partial charge in [0.1, 0.15) is 17.8 Å². The van der Waals surface area contributed by atoms with Gasteiger partial charge in [-0.15, -0.1) is 11.3 Å². The number of amides is 2. The number of guanidine groups is 1. The summed E-state index contributed by atoms with van der Waals surface area (Å²) in [4.78, 5) is 55.8. The molecule has 2 amide bonds. The quantitative estimate of drug-likeness (QED) is 0.0259. The Kier molecular flexibility index (Phi) is 17.4. The van der Waals surface area contributed by atoms with Crippen LogP contribution in [0.25, 0.3) is 0 Å². The first-order chi connectivity index (χ1) is 32.5. The van der Waals surface area contributed by atoms with Crippen LogP contribution in [0.3, 0.4) is 0 Å². The van der Waals surface area contributed by atoms with Crippen molar-refractivity contribution < 1.29 is 36.0 Å². The zero-order chi connectivity index (χ0) is 48.8. The third kappa shape index (κ3) is 14.1. The number of hydrogen-bond donors (Lipinski definition) is 5. The Labute approximate surface area is 400 Å². The fourth-order valence-electron chi connectivity index (χ4n) is 7.57. The second-order valence-corrected chi connectivity index (χ2v) is 20.4. The number of ether oxygens (including phenoxy) is 1. The van der Waals surface area contributed by atoms with Crippen LogP contribution in [0, 0.1) is 20.8 Å². The van der Waals surface area contributed by atoms with E-state index in [1.165, 1.54) is 13.3 Å². The van der Waals surface area contributed by atoms with Crippen molar-refractivity contribution in [2.75, 3.05) is 13.7 Å². The molecule has 2 heterocycles. The number of rotatable bonds is 23. The van der Waals surface area contributed by atoms with Gasteiger partial charge in [0.05, 0.1) is 35.8 Å². The number of sulfonamides is 2. The van der Waals surface area contributed by atoms with Gasteiger partial charge in [0, 0.05) is 37.3 Å². The molecule has 0 fully saturated rings. The second-order valence-electron chi connectivity index (χ2n) is 16.1. The summed E-state index contributed by atoms with van der Waals surface area (Å²) < 4.78 is 66.2. The average Bonchev–Trinajstić information content (AvgIpc) is 4.01. The highest BCUT2D eigenvalue weighted by Crippen LogP contribution is 2.30. The molecule has 17 nitrogen and oxygen atoms in total. The third-order valence-corrected chi connectivity index (χ3v) is 14.8. The monoisotopic (exact) mass is 981 g/mol. The van der Waals surface area contributed by atoms with Crippen molar-refractivity contribution in [3.63, 3.8) is 0 Å². The summed E-state index contributed by atoms with van der Waals surface area (Å²) in [6.45, 7) is 5.53. The van der Waals surface area contributed by atoms with E-state index in [0.717, 1.165) is 16.9 Å². The largest absolute Gasteiger partial charge is 0.496 e. The number of nitrogens with one attached hydrogen (secondary N) is 4. The number of imidazole rings is 1. The van der Waals surface area contributed by atoms with Gasteiger partial charge in [-0.05, 0) is 79.5 Å². The van der Waals surface area contributed by atoms with Crippen LogP contribution in [0.4, 0.5) is 0 Å². The predicted octanol–water partition coefficient (Wildman–Crippen LogP) is 4.52. The predicted molar refractivity (Wildman–Crippen MR) is 261 cm³/mol. The maximum absolute atomic E-state index is 14.5. The number of nitrogens with zero attached hydrogens (tertiary/aromatic N) is 4. The minimum atomic E-state index is -4.15. The number of carbonyl (C=O) groups is 3. The number of carbonyl (C=O) groups excluding carboxylic acids is 3. The highest BCUT2D eigenvalue weighted by atomic mass is 32.2. The van der Waals surface area contributed by atoms with Crippen LogP contribution in [0.15, 0.2) is 131 Å². The molecule has 358 valence electrons. The van der Waals surface area contributed by atoms with E-state index in [4.69, 9.17) is 10.5 Å². The molecule has 2 aromatic heterocycles. The number of nitrogens with two attached hydrogens (primary N) is 1. The minimum absolute atomic E-state index is 0.0197. The Hall–Kier alpha value is -6.74. The number of thiazole rings is 1. The summed E-state index contributed by atoms with van der Waals surface area (Å²) >= 11 is 1.08. The highest BCUT2D eigenvalue weighted by molar-refractivity contribution is 7.90. The Balaban J connectivity index is 1.23. The molecular weight excluding hydrogens is 927 g/mol. The van der Waals surface area contributed by atoms with Crippen LogP contribution in [-0.2, 0) is 54.8 Å². The van der Waals surface area contributed by atoms with E-state index >= 15 is 0 Å². The molecule has 0 radical (unpaired) electrons. The van der Waals surface area contributed by atoms with Crippen molar-refractivity contribution in [3.8, 4) is 5.75 Å². The van der Waals surface area contributed by atoms with Gasteiger partial charge in [0.25, 0.3) is 10.0 Å². The Bertz CT molecular complexity index is 2920. The van der Waals surface area contributed by atoms with Gasteiger partial charge < -0.3 is 25.7 Å². The maximum atomic E-state index is 14.5. The van der Waals surface area contributed by atoms with Gasteiger partial charge in [-0.2, -0.15) is 0 Å². The lowest BCUT2D eigenvalue weighted by atomic mass is 10.0. The summed E-state index contributed by atoms with van der Waals surface area (Å²) in [6.07, 6.45) is 4.83. The molecule has 6 rings (SSSR count). The van der Waals surface area contributed by atoms with Crippen LogP contribution in [0.1, 0.15) is 61.7 Å². The molecule has 6 N–H and O–H groups in total. The minimum Gasteiger partial charge on any atom is -0.496 e. The van der Waals surface area contributed by atoms with E-state index in [1.807, 2.05) is 34.9 Å². The lowest BCUT2D eigenvalue weighted by Crippen LogP contribution is -2.57. The van der Waals surface area contributed by atoms with Crippen LogP contribution in [-0.4, -0.2) is 86.7 Å². The van der Waals surface area contributed by atoms with E-state index in [-0.39, 0.29) is 53.8 Å². The van der Waals surface area contributed by atoms with Gasteiger partial charge in [-0.3, -0.25) is 19.4 Å². The first-order valence-electron chi connectivity index (χ1n) is 21.7. The number of aliphatic imine (C=N–C) groups is 1. The normalized spacial score (nSPS) is 13.3. The third-order valence-electron chi connectivity index (χ3n) is 11.0. The maximum Gasteiger partial charge on any atom is 0.264 e. The summed E-state index contributed by atoms with van der Waals surface area (Å²) in [5.74, 6) is -2.24. The summed E-state index contributed by atoms with van der Waals surface area (Å²) in [5.41, 5.74) is 10.3. The molecule has 0 unspecified atom stereocenters. The van der Waals surface area contributed by atoms with Gasteiger partial charge in [0.15, 0.2) is 5.01 Å². The lowest BCUT2D eigenvalue weighted by Gasteiger charge is -2.25. The average molecular weight is 982 g/mol. The molecule has 3 atom stereocenters. The molecule has 0 aliphatic rings. The van der Waals surface area contributed by atoms with Crippen molar-refractivity contribution in [1.82, 2.24) is 34.6 Å². The number of hydrogen-bond acceptors (Lipinski definition) is 12. The Morgan fingerprint density at radius 1 is 0.794 bits per heavy atom. The molecule has 68 heavy (non-hydrogen) atoms. The topological polar surface area (TPSA) is 246 Å². The molecule has 6 aromatic rings. The summed E-state index contributed by atoms with van der Waals surface area (Å²) in [6, 6.07) is 24.9. The number of ketones is 1. The molecule has 0 aliphatic heterocycles. The summed E-state index contributed by atoms with van der Waals surface area (Å²) in [5, 5.41) is 7.34. The van der Waals surface area contributed by atoms with Gasteiger partial charge in [-0.25, -0.2) is 36.2 Å². The van der Waals surface area contributed by atoms with Gasteiger partial charge >= 0.3 is 0 Å². The number of methoxy groups -OCH3 is 1. The molecule has 4 aromatic carbocycles. The smallest absolute Gasteiger partial charge is 0.264 e. The molecule has 20 heteroatoms. The highest BCUT2D eigenvalue weighted by Gasteiger charge is 2.33. The molecule has 0 bridgehead atoms. The first kappa shape index (κ1) is 50.7. The molecular formula is C48H55N9O8S3. The molecule has 0 aliphatic carbocycles. The second kappa shape index (κ2) is 23.3. The zero-order valence-corrected chi connectivity index (χ0v) is 40.5. The number of Topliss-reactive ketones (excluding diaryl/α,β-unsaturated/α-hetero) is 1. The van der Waals surface area contributed by atoms with E-state index < -0.39 is 55.8 Å².